The van der Waals surface area contributed by atoms with Gasteiger partial charge in [-0.1, -0.05) is 24.3 Å². The molecular formula is C20H21FN4OS. The zero-order chi connectivity index (χ0) is 19.6. The van der Waals surface area contributed by atoms with Crippen molar-refractivity contribution in [3.63, 3.8) is 0 Å². The molecule has 27 heavy (non-hydrogen) atoms. The van der Waals surface area contributed by atoms with E-state index >= 15 is 0 Å². The number of halogens is 1. The molecular weight excluding hydrogens is 363 g/mol. The van der Waals surface area contributed by atoms with Crippen molar-refractivity contribution in [2.24, 2.45) is 0 Å². The molecule has 1 amide bonds. The lowest BCUT2D eigenvalue weighted by Gasteiger charge is -2.30. The number of nitrogens with one attached hydrogen (secondary N) is 3. The summed E-state index contributed by atoms with van der Waals surface area (Å²) in [7, 11) is 3.93. The van der Waals surface area contributed by atoms with Gasteiger partial charge in [-0.25, -0.2) is 4.39 Å². The van der Waals surface area contributed by atoms with E-state index in [0.29, 0.717) is 16.4 Å². The van der Waals surface area contributed by atoms with Crippen LogP contribution in [0, 0.1) is 5.82 Å². The van der Waals surface area contributed by atoms with E-state index in [0.717, 1.165) is 11.3 Å². The maximum absolute atomic E-state index is 13.9. The van der Waals surface area contributed by atoms with Gasteiger partial charge < -0.3 is 20.9 Å². The van der Waals surface area contributed by atoms with Gasteiger partial charge >= 0.3 is 0 Å². The van der Waals surface area contributed by atoms with E-state index in [-0.39, 0.29) is 11.6 Å². The molecule has 0 radical (unpaired) electrons. The van der Waals surface area contributed by atoms with Crippen LogP contribution in [0.4, 0.5) is 15.8 Å². The number of anilines is 2. The Morgan fingerprint density at radius 3 is 2.44 bits per heavy atom. The highest BCUT2D eigenvalue weighted by atomic mass is 32.1. The molecule has 0 spiro atoms. The molecule has 0 fully saturated rings. The number of allylic oxidation sites excluding steroid dienone is 1. The van der Waals surface area contributed by atoms with Crippen molar-refractivity contribution >= 4 is 34.6 Å². The number of hydrogen-bond acceptors (Lipinski definition) is 3. The van der Waals surface area contributed by atoms with E-state index in [1.54, 1.807) is 19.1 Å². The third kappa shape index (κ3) is 4.09. The Morgan fingerprint density at radius 1 is 1.15 bits per heavy atom. The molecule has 7 heteroatoms. The Morgan fingerprint density at radius 2 is 1.81 bits per heavy atom. The molecule has 5 nitrogen and oxygen atoms in total. The Labute approximate surface area is 163 Å². The van der Waals surface area contributed by atoms with Crippen molar-refractivity contribution in [3.8, 4) is 0 Å². The van der Waals surface area contributed by atoms with Crippen LogP contribution in [0.2, 0.25) is 0 Å². The minimum absolute atomic E-state index is 0.137. The monoisotopic (exact) mass is 384 g/mol. The Kier molecular flexibility index (Phi) is 5.41. The number of rotatable bonds is 4. The molecule has 2 aromatic carbocycles. The number of benzene rings is 2. The minimum Gasteiger partial charge on any atom is -0.378 e. The van der Waals surface area contributed by atoms with Crippen LogP contribution < -0.4 is 20.9 Å². The quantitative estimate of drug-likeness (QED) is 0.706. The zero-order valence-electron chi connectivity index (χ0n) is 15.3. The lowest BCUT2D eigenvalue weighted by molar-refractivity contribution is -0.113. The highest BCUT2D eigenvalue weighted by molar-refractivity contribution is 7.80. The molecule has 2 aromatic rings. The maximum atomic E-state index is 13.9. The summed E-state index contributed by atoms with van der Waals surface area (Å²) in [6.45, 7) is 1.78. The standard InChI is InChI=1S/C20H21FN4OS/c1-12-17(19(26)23-16-7-5-4-6-15(16)21)18(24-20(27)22-12)13-8-10-14(11-9-13)25(2)3/h4-11,18H,1-3H3,(H,23,26)(H2,22,24,27). The number of nitrogens with zero attached hydrogens (tertiary/aromatic N) is 1. The average Bonchev–Trinajstić information content (AvgIpc) is 2.63. The Hall–Kier alpha value is -2.93. The molecule has 3 rings (SSSR count). The number of carbonyl (C=O) groups is 1. The number of carbonyl (C=O) groups excluding carboxylic acids is 1. The molecule has 3 N–H and O–H groups in total. The van der Waals surface area contributed by atoms with Gasteiger partial charge in [0.05, 0.1) is 17.3 Å². The van der Waals surface area contributed by atoms with Crippen LogP contribution in [-0.4, -0.2) is 25.1 Å². The van der Waals surface area contributed by atoms with Gasteiger partial charge in [-0.05, 0) is 49.0 Å². The second kappa shape index (κ2) is 7.75. The predicted molar refractivity (Wildman–Crippen MR) is 110 cm³/mol. The lowest BCUT2D eigenvalue weighted by atomic mass is 9.94. The first-order chi connectivity index (χ1) is 12.9. The van der Waals surface area contributed by atoms with Crippen molar-refractivity contribution in [1.29, 1.82) is 0 Å². The van der Waals surface area contributed by atoms with E-state index in [1.807, 2.05) is 43.3 Å². The van der Waals surface area contributed by atoms with Gasteiger partial charge in [0.15, 0.2) is 5.11 Å². The molecule has 0 saturated heterocycles. The lowest BCUT2D eigenvalue weighted by Crippen LogP contribution is -2.45. The first-order valence-electron chi connectivity index (χ1n) is 8.48. The van der Waals surface area contributed by atoms with Gasteiger partial charge in [-0.3, -0.25) is 4.79 Å². The summed E-state index contributed by atoms with van der Waals surface area (Å²) in [5.41, 5.74) is 3.17. The van der Waals surface area contributed by atoms with Crippen molar-refractivity contribution < 1.29 is 9.18 Å². The maximum Gasteiger partial charge on any atom is 0.255 e. The van der Waals surface area contributed by atoms with Crippen molar-refractivity contribution in [3.05, 3.63) is 71.2 Å². The normalized spacial score (nSPS) is 16.4. The van der Waals surface area contributed by atoms with Gasteiger partial charge in [-0.15, -0.1) is 0 Å². The molecule has 1 unspecified atom stereocenters. The van der Waals surface area contributed by atoms with E-state index in [1.165, 1.54) is 12.1 Å². The second-order valence-corrected chi connectivity index (χ2v) is 6.90. The summed E-state index contributed by atoms with van der Waals surface area (Å²) in [6.07, 6.45) is 0. The van der Waals surface area contributed by atoms with Crippen molar-refractivity contribution in [1.82, 2.24) is 10.6 Å². The molecule has 1 heterocycles. The van der Waals surface area contributed by atoms with Crippen molar-refractivity contribution in [2.45, 2.75) is 13.0 Å². The average molecular weight is 384 g/mol. The Bertz CT molecular complexity index is 908. The highest BCUT2D eigenvalue weighted by Gasteiger charge is 2.30. The van der Waals surface area contributed by atoms with E-state index in [4.69, 9.17) is 12.2 Å². The number of amides is 1. The summed E-state index contributed by atoms with van der Waals surface area (Å²) in [5.74, 6) is -0.870. The SMILES string of the molecule is CC1=C(C(=O)Nc2ccccc2F)C(c2ccc(N(C)C)cc2)NC(=S)N1. The topological polar surface area (TPSA) is 56.4 Å². The molecule has 0 saturated carbocycles. The predicted octanol–water partition coefficient (Wildman–Crippen LogP) is 3.32. The third-order valence-electron chi connectivity index (χ3n) is 4.38. The fourth-order valence-electron chi connectivity index (χ4n) is 2.96. The van der Waals surface area contributed by atoms with E-state index in [2.05, 4.69) is 16.0 Å². The summed E-state index contributed by atoms with van der Waals surface area (Å²) < 4.78 is 13.9. The van der Waals surface area contributed by atoms with Crippen LogP contribution in [0.15, 0.2) is 59.8 Å². The summed E-state index contributed by atoms with van der Waals surface area (Å²) >= 11 is 5.26. The highest BCUT2D eigenvalue weighted by Crippen LogP contribution is 2.29. The van der Waals surface area contributed by atoms with Crippen LogP contribution in [0.25, 0.3) is 0 Å². The molecule has 140 valence electrons. The van der Waals surface area contributed by atoms with Gasteiger partial charge in [-0.2, -0.15) is 0 Å². The fraction of sp³-hybridized carbons (Fsp3) is 0.200. The first-order valence-corrected chi connectivity index (χ1v) is 8.89. The third-order valence-corrected chi connectivity index (χ3v) is 4.60. The van der Waals surface area contributed by atoms with Crippen LogP contribution in [0.5, 0.6) is 0 Å². The van der Waals surface area contributed by atoms with Gasteiger partial charge in [0.2, 0.25) is 0 Å². The molecule has 1 aliphatic rings. The molecule has 1 aliphatic heterocycles. The Balaban J connectivity index is 1.94. The van der Waals surface area contributed by atoms with Crippen LogP contribution >= 0.6 is 12.2 Å². The van der Waals surface area contributed by atoms with Gasteiger partial charge in [0.1, 0.15) is 5.82 Å². The van der Waals surface area contributed by atoms with Gasteiger partial charge in [0, 0.05) is 25.5 Å². The van der Waals surface area contributed by atoms with Crippen LogP contribution in [0.1, 0.15) is 18.5 Å². The van der Waals surface area contributed by atoms with Crippen molar-refractivity contribution in [2.75, 3.05) is 24.3 Å². The summed E-state index contributed by atoms with van der Waals surface area (Å²) in [4.78, 5) is 14.9. The first kappa shape index (κ1) is 18.8. The number of hydrogen-bond donors (Lipinski definition) is 3. The fourth-order valence-corrected chi connectivity index (χ4v) is 3.23. The number of para-hydroxylation sites is 1. The molecule has 1 atom stereocenters. The van der Waals surface area contributed by atoms with Crippen LogP contribution in [-0.2, 0) is 4.79 Å². The molecule has 0 bridgehead atoms. The largest absolute Gasteiger partial charge is 0.378 e. The van der Waals surface area contributed by atoms with E-state index in [9.17, 15) is 9.18 Å². The summed E-state index contributed by atoms with van der Waals surface area (Å²) in [5, 5.41) is 9.21. The molecule has 0 aromatic heterocycles. The number of thiocarbonyl (C=S) groups is 1. The second-order valence-electron chi connectivity index (χ2n) is 6.49. The minimum atomic E-state index is -0.483. The van der Waals surface area contributed by atoms with Gasteiger partial charge in [0.25, 0.3) is 5.91 Å². The zero-order valence-corrected chi connectivity index (χ0v) is 16.2. The smallest absolute Gasteiger partial charge is 0.255 e. The molecule has 0 aliphatic carbocycles. The summed E-state index contributed by atoms with van der Waals surface area (Å²) in [6, 6.07) is 13.5. The van der Waals surface area contributed by atoms with E-state index < -0.39 is 11.9 Å². The van der Waals surface area contributed by atoms with Crippen LogP contribution in [0.3, 0.4) is 0 Å².